The molecule has 1 aliphatic rings. The molecule has 36 heavy (non-hydrogen) atoms. The van der Waals surface area contributed by atoms with Gasteiger partial charge in [0.05, 0.1) is 11.6 Å². The van der Waals surface area contributed by atoms with Crippen molar-refractivity contribution in [3.63, 3.8) is 0 Å². The first-order valence-electron chi connectivity index (χ1n) is 12.2. The first-order valence-corrected chi connectivity index (χ1v) is 12.2. The second-order valence-corrected chi connectivity index (χ2v) is 9.18. The first kappa shape index (κ1) is 23.6. The molecule has 6 heteroatoms. The van der Waals surface area contributed by atoms with Gasteiger partial charge in [0.2, 0.25) is 0 Å². The van der Waals surface area contributed by atoms with Crippen LogP contribution in [0.1, 0.15) is 34.2 Å². The fraction of sp³-hybridized carbons (Fsp3) is 0.200. The smallest absolute Gasteiger partial charge is 0.330 e. The normalized spacial score (nSPS) is 17.0. The average Bonchev–Trinajstić information content (AvgIpc) is 3.08. The van der Waals surface area contributed by atoms with Crippen molar-refractivity contribution in [1.82, 2.24) is 14.5 Å². The summed E-state index contributed by atoms with van der Waals surface area (Å²) in [4.78, 5) is 28.9. The van der Waals surface area contributed by atoms with E-state index in [-0.39, 0.29) is 23.2 Å². The predicted molar refractivity (Wildman–Crippen MR) is 144 cm³/mol. The van der Waals surface area contributed by atoms with Gasteiger partial charge in [0.15, 0.2) is 0 Å². The highest BCUT2D eigenvalue weighted by Gasteiger charge is 2.34. The second kappa shape index (κ2) is 10.2. The number of benzene rings is 3. The Kier molecular flexibility index (Phi) is 6.69. The lowest BCUT2D eigenvalue weighted by Gasteiger charge is -2.29. The van der Waals surface area contributed by atoms with E-state index in [1.54, 1.807) is 18.7 Å². The minimum absolute atomic E-state index is 0.111. The summed E-state index contributed by atoms with van der Waals surface area (Å²) in [6.45, 7) is 1.13. The molecule has 0 fully saturated rings. The van der Waals surface area contributed by atoms with E-state index >= 15 is 0 Å². The van der Waals surface area contributed by atoms with Crippen LogP contribution in [0, 0.1) is 0 Å². The highest BCUT2D eigenvalue weighted by atomic mass is 16.2. The van der Waals surface area contributed by atoms with E-state index in [0.717, 1.165) is 16.7 Å². The number of nitrogens with one attached hydrogen (secondary N) is 1. The molecule has 6 nitrogen and oxygen atoms in total. The number of nitrogens with zero attached hydrogens (tertiary/aromatic N) is 3. The van der Waals surface area contributed by atoms with Crippen LogP contribution in [-0.2, 0) is 27.2 Å². The van der Waals surface area contributed by atoms with Gasteiger partial charge in [-0.1, -0.05) is 97.1 Å². The van der Waals surface area contributed by atoms with Crippen molar-refractivity contribution in [2.45, 2.75) is 25.0 Å². The van der Waals surface area contributed by atoms with Gasteiger partial charge in [-0.3, -0.25) is 13.9 Å². The number of aromatic nitrogens is 2. The van der Waals surface area contributed by atoms with Gasteiger partial charge >= 0.3 is 5.69 Å². The topological polar surface area (TPSA) is 59.3 Å². The van der Waals surface area contributed by atoms with Crippen LogP contribution in [-0.4, -0.2) is 9.13 Å². The number of fused-ring (bicyclic) bond motifs is 1. The van der Waals surface area contributed by atoms with Gasteiger partial charge in [0, 0.05) is 39.3 Å². The number of rotatable bonds is 6. The van der Waals surface area contributed by atoms with Crippen LogP contribution in [0.3, 0.4) is 0 Å². The number of hydrogen-bond donors (Lipinski definition) is 1. The molecule has 1 aromatic heterocycles. The Morgan fingerprint density at radius 2 is 1.33 bits per heavy atom. The molecule has 3 aromatic carbocycles. The Morgan fingerprint density at radius 1 is 0.750 bits per heavy atom. The monoisotopic (exact) mass is 478 g/mol. The van der Waals surface area contributed by atoms with E-state index in [0.29, 0.717) is 24.5 Å². The minimum atomic E-state index is -0.342. The van der Waals surface area contributed by atoms with E-state index in [1.807, 2.05) is 65.7 Å². The van der Waals surface area contributed by atoms with Gasteiger partial charge in [-0.15, -0.1) is 0 Å². The summed E-state index contributed by atoms with van der Waals surface area (Å²) in [7, 11) is 3.29. The zero-order valence-electron chi connectivity index (χ0n) is 20.5. The maximum Gasteiger partial charge on any atom is 0.332 e. The maximum absolute atomic E-state index is 13.8. The van der Waals surface area contributed by atoms with Crippen LogP contribution >= 0.6 is 0 Å². The Balaban J connectivity index is 1.70. The van der Waals surface area contributed by atoms with Crippen molar-refractivity contribution in [3.8, 4) is 0 Å². The Bertz CT molecular complexity index is 1470. The molecule has 182 valence electrons. The Hall–Kier alpha value is -4.16. The molecular weight excluding hydrogens is 448 g/mol. The lowest BCUT2D eigenvalue weighted by Crippen LogP contribution is -2.44. The molecule has 2 atom stereocenters. The van der Waals surface area contributed by atoms with Gasteiger partial charge in [-0.25, -0.2) is 4.79 Å². The molecule has 1 aliphatic heterocycles. The van der Waals surface area contributed by atoms with Crippen molar-refractivity contribution >= 4 is 5.82 Å². The molecule has 0 saturated heterocycles. The predicted octanol–water partition coefficient (Wildman–Crippen LogP) is 4.23. The van der Waals surface area contributed by atoms with E-state index in [9.17, 15) is 9.59 Å². The highest BCUT2D eigenvalue weighted by Crippen LogP contribution is 2.38. The molecule has 2 unspecified atom stereocenters. The lowest BCUT2D eigenvalue weighted by atomic mass is 9.87. The quantitative estimate of drug-likeness (QED) is 0.451. The van der Waals surface area contributed by atoms with Gasteiger partial charge < -0.3 is 10.2 Å². The van der Waals surface area contributed by atoms with Crippen molar-refractivity contribution in [1.29, 1.82) is 0 Å². The average molecular weight is 479 g/mol. The molecule has 2 heterocycles. The summed E-state index contributed by atoms with van der Waals surface area (Å²) < 4.78 is 2.80. The fourth-order valence-corrected chi connectivity index (χ4v) is 4.98. The summed E-state index contributed by atoms with van der Waals surface area (Å²) >= 11 is 0. The van der Waals surface area contributed by atoms with Gasteiger partial charge in [0.1, 0.15) is 5.82 Å². The molecule has 5 rings (SSSR count). The van der Waals surface area contributed by atoms with Crippen LogP contribution in [0.15, 0.2) is 113 Å². The summed E-state index contributed by atoms with van der Waals surface area (Å²) in [5.74, 6) is 0.506. The second-order valence-electron chi connectivity index (χ2n) is 9.18. The molecule has 0 amide bonds. The Morgan fingerprint density at radius 3 is 1.97 bits per heavy atom. The largest absolute Gasteiger partial charge is 0.332 e. The molecule has 0 spiro atoms. The third kappa shape index (κ3) is 4.55. The highest BCUT2D eigenvalue weighted by molar-refractivity contribution is 5.55. The van der Waals surface area contributed by atoms with Crippen LogP contribution in [0.2, 0.25) is 0 Å². The molecule has 0 bridgehead atoms. The van der Waals surface area contributed by atoms with Gasteiger partial charge in [-0.2, -0.15) is 0 Å². The molecule has 0 saturated carbocycles. The third-order valence-electron chi connectivity index (χ3n) is 6.83. The number of anilines is 1. The van der Waals surface area contributed by atoms with E-state index < -0.39 is 0 Å². The van der Waals surface area contributed by atoms with E-state index in [2.05, 4.69) is 47.8 Å². The zero-order chi connectivity index (χ0) is 25.1. The van der Waals surface area contributed by atoms with Crippen molar-refractivity contribution in [2.75, 3.05) is 4.90 Å². The summed E-state index contributed by atoms with van der Waals surface area (Å²) in [5.41, 5.74) is 3.29. The molecule has 1 N–H and O–H groups in total. The van der Waals surface area contributed by atoms with Crippen molar-refractivity contribution in [3.05, 3.63) is 146 Å². The molecule has 4 aromatic rings. The standard InChI is InChI=1S/C30H30N4O2/c1-32-28-26(29(35)33(2)30(32)36)27(31-20-22-12-6-3-7-13-22)25(24-16-10-5-11-17-24)18-19-34(28)21-23-14-8-4-9-15-23/h3-19,25,27,31H,20-21H2,1-2H3. The Labute approximate surface area is 210 Å². The molecule has 0 aliphatic carbocycles. The summed E-state index contributed by atoms with van der Waals surface area (Å²) in [5, 5.41) is 3.68. The van der Waals surface area contributed by atoms with Crippen molar-refractivity contribution < 1.29 is 0 Å². The van der Waals surface area contributed by atoms with Crippen molar-refractivity contribution in [2.24, 2.45) is 14.1 Å². The van der Waals surface area contributed by atoms with E-state index in [1.165, 1.54) is 4.57 Å². The van der Waals surface area contributed by atoms with Gasteiger partial charge in [-0.05, 0) is 16.7 Å². The third-order valence-corrected chi connectivity index (χ3v) is 6.83. The lowest BCUT2D eigenvalue weighted by molar-refractivity contribution is 0.480. The van der Waals surface area contributed by atoms with Crippen LogP contribution in [0.4, 0.5) is 5.82 Å². The zero-order valence-corrected chi connectivity index (χ0v) is 20.5. The number of hydrogen-bond acceptors (Lipinski definition) is 4. The maximum atomic E-state index is 13.8. The van der Waals surface area contributed by atoms with Crippen LogP contribution in [0.5, 0.6) is 0 Å². The van der Waals surface area contributed by atoms with Gasteiger partial charge in [0.25, 0.3) is 5.56 Å². The molecule has 0 radical (unpaired) electrons. The van der Waals surface area contributed by atoms with Crippen LogP contribution in [0.25, 0.3) is 0 Å². The van der Waals surface area contributed by atoms with E-state index in [4.69, 9.17) is 0 Å². The summed E-state index contributed by atoms with van der Waals surface area (Å²) in [6.07, 6.45) is 4.16. The fourth-order valence-electron chi connectivity index (χ4n) is 4.98. The first-order chi connectivity index (χ1) is 17.5. The molecular formula is C30H30N4O2. The van der Waals surface area contributed by atoms with Crippen LogP contribution < -0.4 is 21.5 Å². The SMILES string of the molecule is Cn1c2c(c(=O)n(C)c1=O)C(NCc1ccccc1)C(c1ccccc1)C=CN2Cc1ccccc1. The summed E-state index contributed by atoms with van der Waals surface area (Å²) in [6, 6.07) is 30.1. The minimum Gasteiger partial charge on any atom is -0.330 e.